The summed E-state index contributed by atoms with van der Waals surface area (Å²) >= 11 is 0. The number of Topliss-reactive ketones (excluding diaryl/α,β-unsaturated/α-hetero) is 1. The largest absolute Gasteiger partial charge is 0.398 e. The topological polar surface area (TPSA) is 58.8 Å². The molecule has 2 heterocycles. The molecule has 2 N–H and O–H groups in total. The number of ketones is 1. The number of nitrogens with zero attached hydrogens (tertiary/aromatic N) is 2. The van der Waals surface area contributed by atoms with Crippen LogP contribution in [0.1, 0.15) is 23.7 Å². The van der Waals surface area contributed by atoms with Gasteiger partial charge >= 0.3 is 0 Å². The normalized spacial score (nSPS) is 23.5. The zero-order valence-electron chi connectivity index (χ0n) is 12.5. The number of carbonyl (C=O) groups is 1. The minimum Gasteiger partial charge on any atom is -0.398 e. The van der Waals surface area contributed by atoms with Gasteiger partial charge in [-0.25, -0.2) is 0 Å². The summed E-state index contributed by atoms with van der Waals surface area (Å²) in [6.07, 6.45) is 1.17. The van der Waals surface area contributed by atoms with Gasteiger partial charge in [0.15, 0.2) is 5.78 Å². The second kappa shape index (κ2) is 6.03. The monoisotopic (exact) mass is 289 g/mol. The summed E-state index contributed by atoms with van der Waals surface area (Å²) in [5, 5.41) is 0. The molecule has 1 aromatic carbocycles. The maximum atomic E-state index is 11.6. The molecule has 0 bridgehead atoms. The number of benzene rings is 1. The molecule has 0 radical (unpaired) electrons. The number of hydrogen-bond donors (Lipinski definition) is 1. The van der Waals surface area contributed by atoms with E-state index in [4.69, 9.17) is 10.5 Å². The fraction of sp³-hybridized carbons (Fsp3) is 0.562. The zero-order chi connectivity index (χ0) is 14.8. The van der Waals surface area contributed by atoms with Crippen LogP contribution >= 0.6 is 0 Å². The van der Waals surface area contributed by atoms with Crippen molar-refractivity contribution < 1.29 is 9.53 Å². The Kier molecular flexibility index (Phi) is 4.12. The maximum Gasteiger partial charge on any atom is 0.161 e. The number of morpholine rings is 1. The Bertz CT molecular complexity index is 526. The van der Waals surface area contributed by atoms with Gasteiger partial charge in [0.05, 0.1) is 13.2 Å². The standard InChI is InChI=1S/C16H23N3O2/c1-12(20)15-10-13(2-3-16(15)17)19-5-4-14(11-19)18-6-8-21-9-7-18/h2-3,10,14H,4-9,11,17H2,1H3. The number of anilines is 2. The van der Waals surface area contributed by atoms with Crippen LogP contribution in [0.3, 0.4) is 0 Å². The van der Waals surface area contributed by atoms with Crippen LogP contribution in [0.15, 0.2) is 18.2 Å². The second-order valence-corrected chi connectivity index (χ2v) is 5.86. The van der Waals surface area contributed by atoms with E-state index in [0.29, 0.717) is 17.3 Å². The average molecular weight is 289 g/mol. The Morgan fingerprint density at radius 3 is 2.76 bits per heavy atom. The molecule has 21 heavy (non-hydrogen) atoms. The van der Waals surface area contributed by atoms with E-state index >= 15 is 0 Å². The number of carbonyl (C=O) groups excluding carboxylic acids is 1. The highest BCUT2D eigenvalue weighted by atomic mass is 16.5. The SMILES string of the molecule is CC(=O)c1cc(N2CCC(N3CCOCC3)C2)ccc1N. The van der Waals surface area contributed by atoms with Gasteiger partial charge in [0.2, 0.25) is 0 Å². The Hall–Kier alpha value is -1.59. The number of nitrogens with two attached hydrogens (primary N) is 1. The smallest absolute Gasteiger partial charge is 0.161 e. The van der Waals surface area contributed by atoms with Crippen molar-refractivity contribution in [2.45, 2.75) is 19.4 Å². The third-order valence-electron chi connectivity index (χ3n) is 4.51. The molecule has 1 atom stereocenters. The Balaban J connectivity index is 1.71. The summed E-state index contributed by atoms with van der Waals surface area (Å²) in [6.45, 7) is 7.35. The summed E-state index contributed by atoms with van der Waals surface area (Å²) in [5.74, 6) is 0.0262. The Labute approximate surface area is 125 Å². The van der Waals surface area contributed by atoms with Crippen molar-refractivity contribution in [1.82, 2.24) is 4.90 Å². The lowest BCUT2D eigenvalue weighted by Gasteiger charge is -2.32. The van der Waals surface area contributed by atoms with Gasteiger partial charge in [-0.05, 0) is 31.5 Å². The molecule has 0 aliphatic carbocycles. The van der Waals surface area contributed by atoms with E-state index in [1.54, 1.807) is 6.92 Å². The Morgan fingerprint density at radius 1 is 1.29 bits per heavy atom. The van der Waals surface area contributed by atoms with Crippen LogP contribution in [0.4, 0.5) is 11.4 Å². The highest BCUT2D eigenvalue weighted by Crippen LogP contribution is 2.27. The minimum absolute atomic E-state index is 0.0262. The van der Waals surface area contributed by atoms with Gasteiger partial charge in [-0.1, -0.05) is 0 Å². The summed E-state index contributed by atoms with van der Waals surface area (Å²) in [6, 6.07) is 6.38. The van der Waals surface area contributed by atoms with Crippen LogP contribution in [0.25, 0.3) is 0 Å². The van der Waals surface area contributed by atoms with Crippen LogP contribution in [0.2, 0.25) is 0 Å². The van der Waals surface area contributed by atoms with Gasteiger partial charge in [-0.2, -0.15) is 0 Å². The number of nitrogen functional groups attached to an aromatic ring is 1. The molecule has 5 heteroatoms. The van der Waals surface area contributed by atoms with E-state index in [1.807, 2.05) is 18.2 Å². The fourth-order valence-electron chi connectivity index (χ4n) is 3.26. The van der Waals surface area contributed by atoms with Crippen LogP contribution in [-0.2, 0) is 4.74 Å². The minimum atomic E-state index is 0.0262. The van der Waals surface area contributed by atoms with Crippen molar-refractivity contribution in [2.75, 3.05) is 50.0 Å². The molecule has 2 saturated heterocycles. The van der Waals surface area contributed by atoms with E-state index < -0.39 is 0 Å². The average Bonchev–Trinajstić information content (AvgIpc) is 2.98. The van der Waals surface area contributed by atoms with Gasteiger partial charge in [0.1, 0.15) is 0 Å². The van der Waals surface area contributed by atoms with Crippen molar-refractivity contribution in [3.05, 3.63) is 23.8 Å². The van der Waals surface area contributed by atoms with E-state index in [1.165, 1.54) is 6.42 Å². The van der Waals surface area contributed by atoms with E-state index in [9.17, 15) is 4.79 Å². The van der Waals surface area contributed by atoms with Gasteiger partial charge < -0.3 is 15.4 Å². The number of ether oxygens (including phenoxy) is 1. The van der Waals surface area contributed by atoms with Gasteiger partial charge in [-0.15, -0.1) is 0 Å². The van der Waals surface area contributed by atoms with E-state index in [2.05, 4.69) is 9.80 Å². The Morgan fingerprint density at radius 2 is 2.05 bits per heavy atom. The summed E-state index contributed by atoms with van der Waals surface area (Å²) < 4.78 is 5.42. The van der Waals surface area contributed by atoms with Crippen molar-refractivity contribution in [1.29, 1.82) is 0 Å². The van der Waals surface area contributed by atoms with Crippen molar-refractivity contribution in [3.63, 3.8) is 0 Å². The molecule has 2 aliphatic heterocycles. The lowest BCUT2D eigenvalue weighted by atomic mass is 10.1. The number of rotatable bonds is 3. The van der Waals surface area contributed by atoms with Gasteiger partial charge in [-0.3, -0.25) is 9.69 Å². The molecule has 0 saturated carbocycles. The lowest BCUT2D eigenvalue weighted by Crippen LogP contribution is -2.44. The van der Waals surface area contributed by atoms with E-state index in [0.717, 1.165) is 45.1 Å². The van der Waals surface area contributed by atoms with Crippen LogP contribution in [-0.4, -0.2) is 56.1 Å². The highest BCUT2D eigenvalue weighted by molar-refractivity contribution is 6.00. The molecule has 3 rings (SSSR count). The zero-order valence-corrected chi connectivity index (χ0v) is 12.5. The summed E-state index contributed by atoms with van der Waals surface area (Å²) in [5.41, 5.74) is 8.17. The highest BCUT2D eigenvalue weighted by Gasteiger charge is 2.29. The third kappa shape index (κ3) is 3.04. The van der Waals surface area contributed by atoms with E-state index in [-0.39, 0.29) is 5.78 Å². The molecule has 1 unspecified atom stereocenters. The molecule has 1 aromatic rings. The van der Waals surface area contributed by atoms with Gasteiger partial charge in [0.25, 0.3) is 0 Å². The molecule has 0 aromatic heterocycles. The number of hydrogen-bond acceptors (Lipinski definition) is 5. The molecule has 5 nitrogen and oxygen atoms in total. The third-order valence-corrected chi connectivity index (χ3v) is 4.51. The lowest BCUT2D eigenvalue weighted by molar-refractivity contribution is 0.0209. The molecular formula is C16H23N3O2. The first-order valence-corrected chi connectivity index (χ1v) is 7.62. The molecule has 0 spiro atoms. The molecule has 2 fully saturated rings. The van der Waals surface area contributed by atoms with Gasteiger partial charge in [0, 0.05) is 49.2 Å². The summed E-state index contributed by atoms with van der Waals surface area (Å²) in [4.78, 5) is 16.5. The molecule has 114 valence electrons. The predicted octanol–water partition coefficient (Wildman–Crippen LogP) is 1.38. The first-order chi connectivity index (χ1) is 10.1. The molecular weight excluding hydrogens is 266 g/mol. The van der Waals surface area contributed by atoms with Crippen molar-refractivity contribution >= 4 is 17.2 Å². The molecule has 0 amide bonds. The van der Waals surface area contributed by atoms with Crippen LogP contribution in [0, 0.1) is 0 Å². The van der Waals surface area contributed by atoms with Crippen LogP contribution < -0.4 is 10.6 Å². The first-order valence-electron chi connectivity index (χ1n) is 7.62. The van der Waals surface area contributed by atoms with Crippen molar-refractivity contribution in [2.24, 2.45) is 0 Å². The summed E-state index contributed by atoms with van der Waals surface area (Å²) in [7, 11) is 0. The fourth-order valence-corrected chi connectivity index (χ4v) is 3.26. The first kappa shape index (κ1) is 14.4. The second-order valence-electron chi connectivity index (χ2n) is 5.86. The van der Waals surface area contributed by atoms with Crippen LogP contribution in [0.5, 0.6) is 0 Å². The van der Waals surface area contributed by atoms with Crippen molar-refractivity contribution in [3.8, 4) is 0 Å². The quantitative estimate of drug-likeness (QED) is 0.673. The maximum absolute atomic E-state index is 11.6. The predicted molar refractivity (Wildman–Crippen MR) is 83.9 cm³/mol. The molecule has 2 aliphatic rings.